The summed E-state index contributed by atoms with van der Waals surface area (Å²) in [4.78, 5) is 3.68. The van der Waals surface area contributed by atoms with Crippen LogP contribution in [0.15, 0.2) is 84.9 Å². The van der Waals surface area contributed by atoms with Crippen LogP contribution in [-0.2, 0) is 6.54 Å². The van der Waals surface area contributed by atoms with Crippen molar-refractivity contribution in [2.75, 3.05) is 21.3 Å². The van der Waals surface area contributed by atoms with E-state index in [1.807, 2.05) is 19.2 Å². The number of aromatic amines is 1. The third-order valence-corrected chi connectivity index (χ3v) is 6.93. The topological polar surface area (TPSA) is 46.3 Å². The van der Waals surface area contributed by atoms with Crippen molar-refractivity contribution in [1.29, 1.82) is 0 Å². The molecule has 0 atom stereocenters. The van der Waals surface area contributed by atoms with E-state index in [0.29, 0.717) is 5.92 Å². The maximum Gasteiger partial charge on any atom is 0.161 e. The molecule has 2 N–H and O–H groups in total. The van der Waals surface area contributed by atoms with Crippen molar-refractivity contribution in [3.8, 4) is 45.0 Å². The molecule has 4 aromatic carbocycles. The van der Waals surface area contributed by atoms with Gasteiger partial charge in [-0.15, -0.1) is 0 Å². The predicted octanol–water partition coefficient (Wildman–Crippen LogP) is 8.03. The van der Waals surface area contributed by atoms with Gasteiger partial charge in [0.1, 0.15) is 0 Å². The van der Waals surface area contributed by atoms with Crippen molar-refractivity contribution in [3.63, 3.8) is 0 Å². The molecule has 0 aliphatic rings. The van der Waals surface area contributed by atoms with E-state index in [1.165, 1.54) is 38.8 Å². The molecule has 0 aliphatic carbocycles. The number of ether oxygens (including phenoxy) is 2. The van der Waals surface area contributed by atoms with E-state index < -0.39 is 0 Å². The van der Waals surface area contributed by atoms with Crippen LogP contribution in [0.5, 0.6) is 11.5 Å². The highest BCUT2D eigenvalue weighted by Crippen LogP contribution is 2.40. The summed E-state index contributed by atoms with van der Waals surface area (Å²) in [5.74, 6) is 1.80. The van der Waals surface area contributed by atoms with Gasteiger partial charge in [-0.3, -0.25) is 0 Å². The van der Waals surface area contributed by atoms with Gasteiger partial charge in [-0.2, -0.15) is 0 Å². The zero-order chi connectivity index (χ0) is 25.9. The van der Waals surface area contributed by atoms with E-state index in [0.717, 1.165) is 34.8 Å². The highest BCUT2D eigenvalue weighted by atomic mass is 16.5. The number of H-pyrrole nitrogens is 1. The normalized spacial score (nSPS) is 11.3. The van der Waals surface area contributed by atoms with Crippen molar-refractivity contribution in [1.82, 2.24) is 10.3 Å². The zero-order valence-electron chi connectivity index (χ0n) is 22.2. The quantitative estimate of drug-likeness (QED) is 0.231. The Hall–Kier alpha value is -4.02. The molecule has 0 fully saturated rings. The summed E-state index contributed by atoms with van der Waals surface area (Å²) in [6.45, 7) is 5.36. The Labute approximate surface area is 219 Å². The lowest BCUT2D eigenvalue weighted by atomic mass is 9.93. The smallest absolute Gasteiger partial charge is 0.161 e. The maximum atomic E-state index is 5.58. The molecule has 0 radical (unpaired) electrons. The lowest BCUT2D eigenvalue weighted by Crippen LogP contribution is -2.04. The van der Waals surface area contributed by atoms with Crippen LogP contribution in [0.2, 0.25) is 0 Å². The standard InChI is InChI=1S/C33H34N2O2/c1-21(2)32-28-18-26(25-11-7-10-24(17-25)23-9-6-8-22(16-23)20-34-3)12-14-29(28)35-33(32)27-13-15-30(36-4)31(19-27)37-5/h6-19,21,34-35H,20H2,1-5H3. The van der Waals surface area contributed by atoms with Crippen molar-refractivity contribution in [2.24, 2.45) is 0 Å². The minimum Gasteiger partial charge on any atom is -0.493 e. The molecule has 188 valence electrons. The van der Waals surface area contributed by atoms with Crippen LogP contribution in [0.25, 0.3) is 44.4 Å². The number of nitrogens with one attached hydrogen (secondary N) is 2. The molecule has 0 saturated heterocycles. The minimum atomic E-state index is 0.341. The summed E-state index contributed by atoms with van der Waals surface area (Å²) in [7, 11) is 5.32. The van der Waals surface area contributed by atoms with Gasteiger partial charge in [0.2, 0.25) is 0 Å². The van der Waals surface area contributed by atoms with Gasteiger partial charge in [0, 0.05) is 23.0 Å². The molecule has 5 aromatic rings. The molecule has 0 amide bonds. The van der Waals surface area contributed by atoms with Crippen molar-refractivity contribution >= 4 is 10.9 Å². The summed E-state index contributed by atoms with van der Waals surface area (Å²) in [6, 6.07) is 30.4. The highest BCUT2D eigenvalue weighted by molar-refractivity contribution is 5.94. The third-order valence-electron chi connectivity index (χ3n) is 6.93. The lowest BCUT2D eigenvalue weighted by molar-refractivity contribution is 0.355. The Morgan fingerprint density at radius 1 is 0.703 bits per heavy atom. The van der Waals surface area contributed by atoms with E-state index in [2.05, 4.69) is 96.9 Å². The SMILES string of the molecule is CNCc1cccc(-c2cccc(-c3ccc4[nH]c(-c5ccc(OC)c(OC)c5)c(C(C)C)c4c3)c2)c1. The molecular formula is C33H34N2O2. The monoisotopic (exact) mass is 490 g/mol. The van der Waals surface area contributed by atoms with Gasteiger partial charge in [-0.25, -0.2) is 0 Å². The van der Waals surface area contributed by atoms with Gasteiger partial charge in [-0.05, 0) is 88.8 Å². The van der Waals surface area contributed by atoms with Crippen LogP contribution in [-0.4, -0.2) is 26.3 Å². The Morgan fingerprint density at radius 3 is 2.03 bits per heavy atom. The van der Waals surface area contributed by atoms with Crippen LogP contribution in [0.1, 0.15) is 30.9 Å². The average molecular weight is 491 g/mol. The molecule has 0 spiro atoms. The molecule has 0 aliphatic heterocycles. The van der Waals surface area contributed by atoms with Gasteiger partial charge >= 0.3 is 0 Å². The fourth-order valence-electron chi connectivity index (χ4n) is 5.15. The molecule has 0 saturated carbocycles. The molecule has 1 aromatic heterocycles. The average Bonchev–Trinajstić information content (AvgIpc) is 3.32. The van der Waals surface area contributed by atoms with E-state index in [-0.39, 0.29) is 0 Å². The first-order chi connectivity index (χ1) is 18.0. The molecule has 4 nitrogen and oxygen atoms in total. The second kappa shape index (κ2) is 10.5. The van der Waals surface area contributed by atoms with Crippen molar-refractivity contribution in [3.05, 3.63) is 96.1 Å². The summed E-state index contributed by atoms with van der Waals surface area (Å²) < 4.78 is 11.0. The molecule has 0 bridgehead atoms. The van der Waals surface area contributed by atoms with Crippen LogP contribution in [0.4, 0.5) is 0 Å². The number of rotatable bonds is 8. The third kappa shape index (κ3) is 4.85. The van der Waals surface area contributed by atoms with Crippen LogP contribution >= 0.6 is 0 Å². The number of benzene rings is 4. The first-order valence-corrected chi connectivity index (χ1v) is 12.7. The van der Waals surface area contributed by atoms with E-state index in [9.17, 15) is 0 Å². The summed E-state index contributed by atoms with van der Waals surface area (Å²) in [5.41, 5.74) is 10.8. The molecule has 4 heteroatoms. The lowest BCUT2D eigenvalue weighted by Gasteiger charge is -2.12. The maximum absolute atomic E-state index is 5.58. The number of methoxy groups -OCH3 is 2. The van der Waals surface area contributed by atoms with Gasteiger partial charge < -0.3 is 19.8 Å². The van der Waals surface area contributed by atoms with E-state index >= 15 is 0 Å². The highest BCUT2D eigenvalue weighted by Gasteiger charge is 2.18. The van der Waals surface area contributed by atoms with E-state index in [1.54, 1.807) is 14.2 Å². The number of hydrogen-bond donors (Lipinski definition) is 2. The summed E-state index contributed by atoms with van der Waals surface area (Å²) in [6.07, 6.45) is 0. The molecule has 5 rings (SSSR count). The largest absolute Gasteiger partial charge is 0.493 e. The Bertz CT molecular complexity index is 1550. The summed E-state index contributed by atoms with van der Waals surface area (Å²) in [5, 5.41) is 4.49. The Morgan fingerprint density at radius 2 is 1.35 bits per heavy atom. The van der Waals surface area contributed by atoms with Crippen LogP contribution < -0.4 is 14.8 Å². The number of hydrogen-bond acceptors (Lipinski definition) is 3. The Kier molecular flexibility index (Phi) is 7.02. The van der Waals surface area contributed by atoms with Crippen molar-refractivity contribution < 1.29 is 9.47 Å². The molecular weight excluding hydrogens is 456 g/mol. The van der Waals surface area contributed by atoms with Gasteiger partial charge in [0.25, 0.3) is 0 Å². The first kappa shape index (κ1) is 24.7. The summed E-state index contributed by atoms with van der Waals surface area (Å²) >= 11 is 0. The second-order valence-corrected chi connectivity index (χ2v) is 9.71. The van der Waals surface area contributed by atoms with Crippen LogP contribution in [0.3, 0.4) is 0 Å². The Balaban J connectivity index is 1.59. The van der Waals surface area contributed by atoms with Crippen molar-refractivity contribution in [2.45, 2.75) is 26.3 Å². The second-order valence-electron chi connectivity index (χ2n) is 9.71. The molecule has 37 heavy (non-hydrogen) atoms. The number of aromatic nitrogens is 1. The fraction of sp³-hybridized carbons (Fsp3) is 0.212. The predicted molar refractivity (Wildman–Crippen MR) is 155 cm³/mol. The van der Waals surface area contributed by atoms with Gasteiger partial charge in [0.05, 0.1) is 19.9 Å². The van der Waals surface area contributed by atoms with Gasteiger partial charge in [-0.1, -0.05) is 56.3 Å². The van der Waals surface area contributed by atoms with Crippen LogP contribution in [0, 0.1) is 0 Å². The molecule has 0 unspecified atom stereocenters. The first-order valence-electron chi connectivity index (χ1n) is 12.7. The van der Waals surface area contributed by atoms with E-state index in [4.69, 9.17) is 9.47 Å². The zero-order valence-corrected chi connectivity index (χ0v) is 22.2. The minimum absolute atomic E-state index is 0.341. The van der Waals surface area contributed by atoms with Gasteiger partial charge in [0.15, 0.2) is 11.5 Å². The molecule has 1 heterocycles. The fourth-order valence-corrected chi connectivity index (χ4v) is 5.15. The number of fused-ring (bicyclic) bond motifs is 1.